The average molecular weight is 297 g/mol. The van der Waals surface area contributed by atoms with E-state index in [2.05, 4.69) is 4.72 Å². The van der Waals surface area contributed by atoms with E-state index >= 15 is 0 Å². The van der Waals surface area contributed by atoms with Gasteiger partial charge in [0.2, 0.25) is 10.0 Å². The van der Waals surface area contributed by atoms with E-state index in [4.69, 9.17) is 0 Å². The Bertz CT molecular complexity index is 636. The Balaban J connectivity index is 2.11. The molecule has 0 aliphatic carbocycles. The molecule has 2 rings (SSSR count). The molecule has 1 atom stereocenters. The number of para-hydroxylation sites is 1. The van der Waals surface area contributed by atoms with Gasteiger partial charge in [0.15, 0.2) is 0 Å². The van der Waals surface area contributed by atoms with Crippen LogP contribution >= 0.6 is 11.3 Å². The van der Waals surface area contributed by atoms with Gasteiger partial charge in [0.25, 0.3) is 0 Å². The molecule has 2 N–H and O–H groups in total. The van der Waals surface area contributed by atoms with Crippen LogP contribution in [0.5, 0.6) is 5.75 Å². The number of hydrogen-bond acceptors (Lipinski definition) is 4. The molecule has 1 aromatic heterocycles. The molecule has 0 radical (unpaired) electrons. The fourth-order valence-corrected chi connectivity index (χ4v) is 3.84. The van der Waals surface area contributed by atoms with Gasteiger partial charge in [0.1, 0.15) is 10.6 Å². The lowest BCUT2D eigenvalue weighted by molar-refractivity contribution is 0.457. The molecule has 19 heavy (non-hydrogen) atoms. The molecular weight excluding hydrogens is 282 g/mol. The van der Waals surface area contributed by atoms with E-state index in [9.17, 15) is 13.5 Å². The molecule has 0 aliphatic heterocycles. The summed E-state index contributed by atoms with van der Waals surface area (Å²) in [5.74, 6) is -0.238. The van der Waals surface area contributed by atoms with Gasteiger partial charge in [-0.05, 0) is 47.9 Å². The lowest BCUT2D eigenvalue weighted by atomic mass is 10.1. The van der Waals surface area contributed by atoms with Gasteiger partial charge in [-0.1, -0.05) is 12.1 Å². The number of sulfonamides is 1. The number of phenolic OH excluding ortho intramolecular Hbond substituents is 1. The number of aromatic hydroxyl groups is 1. The van der Waals surface area contributed by atoms with Crippen LogP contribution in [0.25, 0.3) is 0 Å². The maximum absolute atomic E-state index is 12.1. The van der Waals surface area contributed by atoms with Crippen molar-refractivity contribution >= 4 is 21.4 Å². The van der Waals surface area contributed by atoms with Crippen molar-refractivity contribution in [2.24, 2.45) is 0 Å². The molecule has 0 spiro atoms. The van der Waals surface area contributed by atoms with E-state index in [0.717, 1.165) is 5.56 Å². The van der Waals surface area contributed by atoms with Gasteiger partial charge in [0, 0.05) is 6.04 Å². The van der Waals surface area contributed by atoms with Gasteiger partial charge < -0.3 is 5.11 Å². The second-order valence-corrected chi connectivity index (χ2v) is 6.79. The van der Waals surface area contributed by atoms with E-state index in [-0.39, 0.29) is 16.7 Å². The predicted octanol–water partition coefficient (Wildman–Crippen LogP) is 2.36. The summed E-state index contributed by atoms with van der Waals surface area (Å²) in [5.41, 5.74) is 1.09. The molecule has 0 saturated heterocycles. The first-order valence-electron chi connectivity index (χ1n) is 5.80. The molecule has 1 unspecified atom stereocenters. The lowest BCUT2D eigenvalue weighted by Gasteiger charge is -2.14. The summed E-state index contributed by atoms with van der Waals surface area (Å²) in [6, 6.07) is 7.64. The van der Waals surface area contributed by atoms with Crippen molar-refractivity contribution in [3.8, 4) is 5.75 Å². The van der Waals surface area contributed by atoms with Gasteiger partial charge in [-0.2, -0.15) is 11.3 Å². The molecular formula is C13H15NO3S2. The third kappa shape index (κ3) is 3.56. The van der Waals surface area contributed by atoms with E-state index in [1.807, 2.05) is 16.8 Å². The first kappa shape index (κ1) is 14.0. The van der Waals surface area contributed by atoms with Crippen molar-refractivity contribution in [3.63, 3.8) is 0 Å². The smallest absolute Gasteiger partial charge is 0.244 e. The van der Waals surface area contributed by atoms with Crippen LogP contribution in [0, 0.1) is 0 Å². The number of phenols is 1. The topological polar surface area (TPSA) is 66.4 Å². The number of nitrogens with one attached hydrogen (secondary N) is 1. The molecule has 1 aromatic carbocycles. The number of benzene rings is 1. The maximum atomic E-state index is 12.1. The molecule has 1 heterocycles. The third-order valence-electron chi connectivity index (χ3n) is 2.63. The van der Waals surface area contributed by atoms with Crippen LogP contribution in [0.3, 0.4) is 0 Å². The summed E-state index contributed by atoms with van der Waals surface area (Å²) in [5, 5.41) is 13.5. The summed E-state index contributed by atoms with van der Waals surface area (Å²) < 4.78 is 26.8. The zero-order chi connectivity index (χ0) is 13.9. The molecule has 2 aromatic rings. The Morgan fingerprint density at radius 2 is 2.05 bits per heavy atom. The van der Waals surface area contributed by atoms with Crippen LogP contribution in [0.1, 0.15) is 12.5 Å². The summed E-state index contributed by atoms with van der Waals surface area (Å²) >= 11 is 1.58. The van der Waals surface area contributed by atoms with Gasteiger partial charge in [-0.25, -0.2) is 13.1 Å². The van der Waals surface area contributed by atoms with Crippen LogP contribution in [0.15, 0.2) is 46.0 Å². The molecule has 0 amide bonds. The summed E-state index contributed by atoms with van der Waals surface area (Å²) in [6.07, 6.45) is 0.621. The molecule has 0 aliphatic rings. The highest BCUT2D eigenvalue weighted by atomic mass is 32.2. The minimum Gasteiger partial charge on any atom is -0.507 e. The van der Waals surface area contributed by atoms with Crippen molar-refractivity contribution in [1.29, 1.82) is 0 Å². The largest absolute Gasteiger partial charge is 0.507 e. The molecule has 0 bridgehead atoms. The Morgan fingerprint density at radius 3 is 2.68 bits per heavy atom. The van der Waals surface area contributed by atoms with Gasteiger partial charge in [0.05, 0.1) is 0 Å². The van der Waals surface area contributed by atoms with E-state index in [1.165, 1.54) is 12.1 Å². The monoisotopic (exact) mass is 297 g/mol. The molecule has 4 nitrogen and oxygen atoms in total. The van der Waals surface area contributed by atoms with Gasteiger partial charge in [-0.15, -0.1) is 0 Å². The van der Waals surface area contributed by atoms with Crippen LogP contribution in [-0.2, 0) is 16.4 Å². The van der Waals surface area contributed by atoms with Crippen molar-refractivity contribution in [3.05, 3.63) is 46.7 Å². The zero-order valence-electron chi connectivity index (χ0n) is 10.4. The number of rotatable bonds is 5. The van der Waals surface area contributed by atoms with E-state index in [0.29, 0.717) is 6.42 Å². The van der Waals surface area contributed by atoms with Gasteiger partial charge >= 0.3 is 0 Å². The fraction of sp³-hybridized carbons (Fsp3) is 0.231. The van der Waals surface area contributed by atoms with Crippen LogP contribution in [-0.4, -0.2) is 19.6 Å². The predicted molar refractivity (Wildman–Crippen MR) is 75.9 cm³/mol. The minimum absolute atomic E-state index is 0.0906. The molecule has 0 fully saturated rings. The van der Waals surface area contributed by atoms with E-state index < -0.39 is 10.0 Å². The summed E-state index contributed by atoms with van der Waals surface area (Å²) in [6.45, 7) is 1.80. The SMILES string of the molecule is CC(Cc1ccsc1)NS(=O)(=O)c1ccccc1O. The van der Waals surface area contributed by atoms with Crippen molar-refractivity contribution in [2.45, 2.75) is 24.3 Å². The van der Waals surface area contributed by atoms with Crippen LogP contribution in [0.4, 0.5) is 0 Å². The highest BCUT2D eigenvalue weighted by Gasteiger charge is 2.20. The van der Waals surface area contributed by atoms with Gasteiger partial charge in [-0.3, -0.25) is 0 Å². The standard InChI is InChI=1S/C13H15NO3S2/c1-10(8-11-6-7-18-9-11)14-19(16,17)13-5-3-2-4-12(13)15/h2-7,9-10,14-15H,8H2,1H3. The highest BCUT2D eigenvalue weighted by molar-refractivity contribution is 7.89. The molecule has 102 valence electrons. The summed E-state index contributed by atoms with van der Waals surface area (Å²) in [7, 11) is -3.69. The Hall–Kier alpha value is -1.37. The lowest BCUT2D eigenvalue weighted by Crippen LogP contribution is -2.34. The average Bonchev–Trinajstić information content (AvgIpc) is 2.81. The van der Waals surface area contributed by atoms with Crippen molar-refractivity contribution in [2.75, 3.05) is 0 Å². The minimum atomic E-state index is -3.69. The van der Waals surface area contributed by atoms with Crippen LogP contribution < -0.4 is 4.72 Å². The number of thiophene rings is 1. The first-order chi connectivity index (χ1) is 8.99. The number of hydrogen-bond donors (Lipinski definition) is 2. The zero-order valence-corrected chi connectivity index (χ0v) is 12.0. The Labute approximate surface area is 116 Å². The third-order valence-corrected chi connectivity index (χ3v) is 5.00. The summed E-state index contributed by atoms with van der Waals surface area (Å²) in [4.78, 5) is -0.0906. The van der Waals surface area contributed by atoms with Crippen molar-refractivity contribution in [1.82, 2.24) is 4.72 Å². The molecule has 0 saturated carbocycles. The second kappa shape index (κ2) is 5.73. The molecule has 6 heteroatoms. The normalized spacial score (nSPS) is 13.3. The van der Waals surface area contributed by atoms with Crippen LogP contribution in [0.2, 0.25) is 0 Å². The second-order valence-electron chi connectivity index (χ2n) is 4.33. The quantitative estimate of drug-likeness (QED) is 0.890. The van der Waals surface area contributed by atoms with E-state index in [1.54, 1.807) is 30.4 Å². The highest BCUT2D eigenvalue weighted by Crippen LogP contribution is 2.21. The Morgan fingerprint density at radius 1 is 1.32 bits per heavy atom. The fourth-order valence-electron chi connectivity index (χ4n) is 1.82. The van der Waals surface area contributed by atoms with Crippen molar-refractivity contribution < 1.29 is 13.5 Å². The maximum Gasteiger partial charge on any atom is 0.244 e. The Kier molecular flexibility index (Phi) is 4.24. The first-order valence-corrected chi connectivity index (χ1v) is 8.23.